The number of halogens is 1. The van der Waals surface area contributed by atoms with Crippen molar-refractivity contribution in [2.45, 2.75) is 18.8 Å². The summed E-state index contributed by atoms with van der Waals surface area (Å²) in [4.78, 5) is 15.9. The van der Waals surface area contributed by atoms with Gasteiger partial charge in [-0.15, -0.1) is 0 Å². The number of pyridine rings is 1. The Bertz CT molecular complexity index is 586. The normalized spacial score (nSPS) is 13.8. The van der Waals surface area contributed by atoms with Crippen LogP contribution >= 0.6 is 11.6 Å². The number of carbonyl (C=O) groups is 1. The minimum absolute atomic E-state index is 0.401. The van der Waals surface area contributed by atoms with Crippen molar-refractivity contribution in [1.82, 2.24) is 4.98 Å². The summed E-state index contributed by atoms with van der Waals surface area (Å²) in [6.45, 7) is 1.82. The van der Waals surface area contributed by atoms with Crippen LogP contribution in [0.25, 0.3) is 0 Å². The van der Waals surface area contributed by atoms with Gasteiger partial charge in [-0.25, -0.2) is 0 Å². The smallest absolute Gasteiger partial charge is 0.232 e. The van der Waals surface area contributed by atoms with E-state index in [9.17, 15) is 4.79 Å². The van der Waals surface area contributed by atoms with Crippen LogP contribution in [0.3, 0.4) is 0 Å². The molecule has 0 bridgehead atoms. The van der Waals surface area contributed by atoms with Gasteiger partial charge in [0.05, 0.1) is 5.41 Å². The Morgan fingerprint density at radius 2 is 2.16 bits per heavy atom. The maximum atomic E-state index is 11.9. The molecule has 2 aromatic rings. The summed E-state index contributed by atoms with van der Waals surface area (Å²) in [5, 5.41) is -0.401. The van der Waals surface area contributed by atoms with Crippen LogP contribution in [-0.2, 0) is 16.6 Å². The van der Waals surface area contributed by atoms with Crippen molar-refractivity contribution in [2.24, 2.45) is 0 Å². The van der Waals surface area contributed by atoms with E-state index >= 15 is 0 Å². The number of rotatable bonds is 4. The van der Waals surface area contributed by atoms with Crippen LogP contribution in [0.4, 0.5) is 5.69 Å². The topological polar surface area (TPSA) is 56.0 Å². The third-order valence-corrected chi connectivity index (χ3v) is 3.66. The number of nitrogen functional groups attached to an aromatic ring is 1. The molecular formula is C15H15ClN2O. The molecule has 0 aliphatic rings. The fourth-order valence-electron chi connectivity index (χ4n) is 2.08. The molecule has 0 fully saturated rings. The van der Waals surface area contributed by atoms with Crippen LogP contribution in [0.1, 0.15) is 18.1 Å². The fraction of sp³-hybridized carbons (Fsp3) is 0.200. The SMILES string of the molecule is CC(Cc1cccnc1)(C(=O)Cl)c1cccc(N)c1. The predicted molar refractivity (Wildman–Crippen MR) is 77.0 cm³/mol. The van der Waals surface area contributed by atoms with Crippen molar-refractivity contribution in [3.05, 3.63) is 59.9 Å². The van der Waals surface area contributed by atoms with Crippen molar-refractivity contribution in [3.8, 4) is 0 Å². The van der Waals surface area contributed by atoms with Crippen molar-refractivity contribution in [3.63, 3.8) is 0 Å². The Kier molecular flexibility index (Phi) is 3.86. The quantitative estimate of drug-likeness (QED) is 0.689. The maximum absolute atomic E-state index is 11.9. The van der Waals surface area contributed by atoms with E-state index in [1.54, 1.807) is 24.5 Å². The van der Waals surface area contributed by atoms with E-state index in [1.165, 1.54) is 0 Å². The van der Waals surface area contributed by atoms with E-state index in [4.69, 9.17) is 17.3 Å². The van der Waals surface area contributed by atoms with Crippen LogP contribution in [0.5, 0.6) is 0 Å². The number of carbonyl (C=O) groups excluding carboxylic acids is 1. The van der Waals surface area contributed by atoms with E-state index in [1.807, 2.05) is 31.2 Å². The minimum atomic E-state index is -0.806. The van der Waals surface area contributed by atoms with Crippen LogP contribution in [0, 0.1) is 0 Å². The predicted octanol–water partition coefficient (Wildman–Crippen LogP) is 2.93. The molecule has 0 radical (unpaired) electrons. The number of anilines is 1. The van der Waals surface area contributed by atoms with Crippen LogP contribution in [0.2, 0.25) is 0 Å². The number of hydrogen-bond acceptors (Lipinski definition) is 3. The average Bonchev–Trinajstić information content (AvgIpc) is 2.39. The molecule has 3 nitrogen and oxygen atoms in total. The summed E-state index contributed by atoms with van der Waals surface area (Å²) in [7, 11) is 0. The molecule has 4 heteroatoms. The third-order valence-electron chi connectivity index (χ3n) is 3.24. The van der Waals surface area contributed by atoms with Gasteiger partial charge in [0.1, 0.15) is 0 Å². The van der Waals surface area contributed by atoms with Gasteiger partial charge in [-0.05, 0) is 54.3 Å². The third kappa shape index (κ3) is 2.93. The van der Waals surface area contributed by atoms with Gasteiger partial charge in [-0.2, -0.15) is 0 Å². The molecular weight excluding hydrogens is 260 g/mol. The standard InChI is InChI=1S/C15H15ClN2O/c1-15(14(16)19,9-11-4-3-7-18-10-11)12-5-2-6-13(17)8-12/h2-8,10H,9,17H2,1H3. The highest BCUT2D eigenvalue weighted by molar-refractivity contribution is 6.65. The van der Waals surface area contributed by atoms with E-state index in [0.717, 1.165) is 11.1 Å². The van der Waals surface area contributed by atoms with E-state index in [2.05, 4.69) is 4.98 Å². The summed E-state index contributed by atoms with van der Waals surface area (Å²) >= 11 is 5.82. The van der Waals surface area contributed by atoms with Gasteiger partial charge in [0.2, 0.25) is 5.24 Å². The monoisotopic (exact) mass is 274 g/mol. The second kappa shape index (κ2) is 5.41. The molecule has 0 aliphatic heterocycles. The number of nitrogens with two attached hydrogens (primary N) is 1. The minimum Gasteiger partial charge on any atom is -0.399 e. The second-order valence-corrected chi connectivity index (χ2v) is 5.11. The fourth-order valence-corrected chi connectivity index (χ4v) is 2.25. The van der Waals surface area contributed by atoms with Crippen molar-refractivity contribution < 1.29 is 4.79 Å². The van der Waals surface area contributed by atoms with Gasteiger partial charge in [-0.1, -0.05) is 18.2 Å². The van der Waals surface area contributed by atoms with Gasteiger partial charge >= 0.3 is 0 Å². The van der Waals surface area contributed by atoms with Gasteiger partial charge in [0.25, 0.3) is 0 Å². The molecule has 1 atom stereocenters. The number of hydrogen-bond donors (Lipinski definition) is 1. The summed E-state index contributed by atoms with van der Waals surface area (Å²) in [6.07, 6.45) is 3.93. The van der Waals surface area contributed by atoms with Gasteiger partial charge in [0.15, 0.2) is 0 Å². The van der Waals surface area contributed by atoms with Crippen LogP contribution in [-0.4, -0.2) is 10.2 Å². The van der Waals surface area contributed by atoms with E-state index in [-0.39, 0.29) is 0 Å². The summed E-state index contributed by atoms with van der Waals surface area (Å²) in [6, 6.07) is 11.0. The second-order valence-electron chi connectivity index (χ2n) is 4.77. The van der Waals surface area contributed by atoms with E-state index < -0.39 is 10.7 Å². The Labute approximate surface area is 117 Å². The van der Waals surface area contributed by atoms with Crippen molar-refractivity contribution in [2.75, 3.05) is 5.73 Å². The molecule has 0 saturated carbocycles. The highest BCUT2D eigenvalue weighted by Gasteiger charge is 2.34. The molecule has 1 aromatic heterocycles. The maximum Gasteiger partial charge on any atom is 0.232 e. The van der Waals surface area contributed by atoms with Crippen molar-refractivity contribution in [1.29, 1.82) is 0 Å². The molecule has 0 amide bonds. The number of nitrogens with zero attached hydrogens (tertiary/aromatic N) is 1. The lowest BCUT2D eigenvalue weighted by atomic mass is 9.78. The molecule has 1 unspecified atom stereocenters. The highest BCUT2D eigenvalue weighted by Crippen LogP contribution is 2.31. The molecule has 19 heavy (non-hydrogen) atoms. The Morgan fingerprint density at radius 1 is 1.37 bits per heavy atom. The Morgan fingerprint density at radius 3 is 2.74 bits per heavy atom. The summed E-state index contributed by atoms with van der Waals surface area (Å²) in [5.74, 6) is 0. The zero-order chi connectivity index (χ0) is 13.9. The molecule has 0 aliphatic carbocycles. The molecule has 98 valence electrons. The molecule has 0 saturated heterocycles. The lowest BCUT2D eigenvalue weighted by Gasteiger charge is -2.26. The summed E-state index contributed by atoms with van der Waals surface area (Å²) < 4.78 is 0. The molecule has 2 N–H and O–H groups in total. The molecule has 0 spiro atoms. The highest BCUT2D eigenvalue weighted by atomic mass is 35.5. The van der Waals surface area contributed by atoms with Crippen molar-refractivity contribution >= 4 is 22.5 Å². The zero-order valence-corrected chi connectivity index (χ0v) is 11.4. The van der Waals surface area contributed by atoms with Gasteiger partial charge < -0.3 is 5.73 Å². The van der Waals surface area contributed by atoms with Crippen LogP contribution in [0.15, 0.2) is 48.8 Å². The van der Waals surface area contributed by atoms with Crippen LogP contribution < -0.4 is 5.73 Å². The Hall–Kier alpha value is -1.87. The first-order valence-electron chi connectivity index (χ1n) is 5.97. The van der Waals surface area contributed by atoms with Gasteiger partial charge in [0, 0.05) is 18.1 Å². The molecule has 1 heterocycles. The molecule has 2 rings (SSSR count). The van der Waals surface area contributed by atoms with Gasteiger partial charge in [-0.3, -0.25) is 9.78 Å². The summed E-state index contributed by atoms with van der Waals surface area (Å²) in [5.41, 5.74) is 7.37. The lowest BCUT2D eigenvalue weighted by molar-refractivity contribution is -0.116. The average molecular weight is 275 g/mol. The first-order chi connectivity index (χ1) is 9.02. The lowest BCUT2D eigenvalue weighted by Crippen LogP contribution is -2.32. The Balaban J connectivity index is 2.41. The molecule has 1 aromatic carbocycles. The number of benzene rings is 1. The number of aromatic nitrogens is 1. The first-order valence-corrected chi connectivity index (χ1v) is 6.35. The first kappa shape index (κ1) is 13.6. The zero-order valence-electron chi connectivity index (χ0n) is 10.6. The van der Waals surface area contributed by atoms with E-state index in [0.29, 0.717) is 12.1 Å². The largest absolute Gasteiger partial charge is 0.399 e.